The van der Waals surface area contributed by atoms with Crippen molar-refractivity contribution in [3.8, 4) is 5.75 Å². The molecule has 1 atom stereocenters. The molecule has 2 heterocycles. The summed E-state index contributed by atoms with van der Waals surface area (Å²) in [6, 6.07) is 14.4. The van der Waals surface area contributed by atoms with E-state index >= 15 is 0 Å². The fourth-order valence-electron chi connectivity index (χ4n) is 3.40. The summed E-state index contributed by atoms with van der Waals surface area (Å²) in [6.45, 7) is 1.06. The number of rotatable bonds is 6. The zero-order chi connectivity index (χ0) is 22.7. The third-order valence-corrected chi connectivity index (χ3v) is 5.20. The predicted molar refractivity (Wildman–Crippen MR) is 114 cm³/mol. The van der Waals surface area contributed by atoms with E-state index in [-0.39, 0.29) is 5.56 Å². The van der Waals surface area contributed by atoms with Crippen LogP contribution in [0.3, 0.4) is 0 Å². The molecule has 3 aromatic rings. The zero-order valence-electron chi connectivity index (χ0n) is 17.6. The van der Waals surface area contributed by atoms with Crippen LogP contribution in [0.1, 0.15) is 39.7 Å². The van der Waals surface area contributed by atoms with E-state index in [1.807, 2.05) is 24.3 Å². The molecule has 1 amide bonds. The fourth-order valence-corrected chi connectivity index (χ4v) is 3.40. The number of aryl methyl sites for hydroxylation is 1. The number of halogens is 1. The van der Waals surface area contributed by atoms with Crippen LogP contribution in [0.25, 0.3) is 0 Å². The minimum absolute atomic E-state index is 0.0346. The summed E-state index contributed by atoms with van der Waals surface area (Å²) in [5.41, 5.74) is 1.97. The number of methoxy groups -OCH3 is 1. The third-order valence-electron chi connectivity index (χ3n) is 5.20. The highest BCUT2D eigenvalue weighted by Crippen LogP contribution is 2.33. The van der Waals surface area contributed by atoms with Gasteiger partial charge in [0.2, 0.25) is 0 Å². The summed E-state index contributed by atoms with van der Waals surface area (Å²) >= 11 is 0. The van der Waals surface area contributed by atoms with Crippen molar-refractivity contribution in [2.24, 2.45) is 5.10 Å². The van der Waals surface area contributed by atoms with E-state index in [1.54, 1.807) is 26.2 Å². The van der Waals surface area contributed by atoms with Gasteiger partial charge < -0.3 is 13.9 Å². The van der Waals surface area contributed by atoms with Gasteiger partial charge in [-0.1, -0.05) is 6.07 Å². The lowest BCUT2D eigenvalue weighted by atomic mass is 10.0. The van der Waals surface area contributed by atoms with Gasteiger partial charge in [-0.3, -0.25) is 4.79 Å². The van der Waals surface area contributed by atoms with Crippen molar-refractivity contribution in [3.63, 3.8) is 0 Å². The van der Waals surface area contributed by atoms with Gasteiger partial charge in [0, 0.05) is 6.42 Å². The molecule has 8 heteroatoms. The summed E-state index contributed by atoms with van der Waals surface area (Å²) in [4.78, 5) is 25.1. The maximum atomic E-state index is 13.7. The Morgan fingerprint density at radius 3 is 2.62 bits per heavy atom. The molecular weight excluding hydrogens is 415 g/mol. The molecule has 0 aliphatic carbocycles. The molecule has 0 radical (unpaired) electrons. The van der Waals surface area contributed by atoms with Gasteiger partial charge in [-0.05, 0) is 66.6 Å². The van der Waals surface area contributed by atoms with Crippen LogP contribution in [0.5, 0.6) is 5.75 Å². The van der Waals surface area contributed by atoms with Crippen molar-refractivity contribution < 1.29 is 27.9 Å². The highest BCUT2D eigenvalue weighted by atomic mass is 19.1. The Kier molecular flexibility index (Phi) is 6.02. The maximum absolute atomic E-state index is 13.7. The Morgan fingerprint density at radius 2 is 1.97 bits per heavy atom. The summed E-state index contributed by atoms with van der Waals surface area (Å²) < 4.78 is 29.5. The minimum Gasteiger partial charge on any atom is -0.497 e. The SMILES string of the molecule is COc1ccc(C2=NN(C(=O)COC(=O)c3ccc(C)c(F)c3)C(c3ccco3)C2)cc1. The third kappa shape index (κ3) is 4.39. The molecular formula is C24H21FN2O5. The first-order valence-corrected chi connectivity index (χ1v) is 9.97. The first-order chi connectivity index (χ1) is 15.5. The molecule has 2 aromatic carbocycles. The van der Waals surface area contributed by atoms with E-state index in [9.17, 15) is 14.0 Å². The quantitative estimate of drug-likeness (QED) is 0.539. The predicted octanol–water partition coefficient (Wildman–Crippen LogP) is 4.27. The van der Waals surface area contributed by atoms with E-state index in [0.29, 0.717) is 29.2 Å². The summed E-state index contributed by atoms with van der Waals surface area (Å²) in [5.74, 6) is -0.544. The average Bonchev–Trinajstić information content (AvgIpc) is 3.49. The van der Waals surface area contributed by atoms with Crippen LogP contribution in [0.15, 0.2) is 70.4 Å². The summed E-state index contributed by atoms with van der Waals surface area (Å²) in [6.07, 6.45) is 1.96. The van der Waals surface area contributed by atoms with E-state index in [1.165, 1.54) is 23.4 Å². The molecule has 0 N–H and O–H groups in total. The Labute approximate surface area is 184 Å². The number of ether oxygens (including phenoxy) is 2. The molecule has 1 aliphatic heterocycles. The van der Waals surface area contributed by atoms with Gasteiger partial charge in [0.15, 0.2) is 6.61 Å². The topological polar surface area (TPSA) is 81.3 Å². The number of hydrogen-bond acceptors (Lipinski definition) is 6. The largest absolute Gasteiger partial charge is 0.497 e. The van der Waals surface area contributed by atoms with E-state index < -0.39 is 30.3 Å². The van der Waals surface area contributed by atoms with Gasteiger partial charge in [-0.25, -0.2) is 14.2 Å². The summed E-state index contributed by atoms with van der Waals surface area (Å²) in [5, 5.41) is 5.74. The Morgan fingerprint density at radius 1 is 1.19 bits per heavy atom. The van der Waals surface area contributed by atoms with E-state index in [0.717, 1.165) is 11.6 Å². The molecule has 0 saturated carbocycles. The van der Waals surface area contributed by atoms with Gasteiger partial charge in [-0.2, -0.15) is 5.10 Å². The molecule has 7 nitrogen and oxygen atoms in total. The normalized spacial score (nSPS) is 15.4. The van der Waals surface area contributed by atoms with Crippen LogP contribution >= 0.6 is 0 Å². The highest BCUT2D eigenvalue weighted by molar-refractivity contribution is 6.03. The van der Waals surface area contributed by atoms with Gasteiger partial charge in [0.25, 0.3) is 5.91 Å². The molecule has 0 fully saturated rings. The number of carbonyl (C=O) groups excluding carboxylic acids is 2. The standard InChI is InChI=1S/C24H21FN2O5/c1-15-5-6-17(12-19(15)25)24(29)32-14-23(28)27-21(22-4-3-11-31-22)13-20(26-27)16-7-9-18(30-2)10-8-16/h3-12,21H,13-14H2,1-2H3. The molecule has 1 aromatic heterocycles. The molecule has 4 rings (SSSR count). The lowest BCUT2D eigenvalue weighted by molar-refractivity contribution is -0.136. The Hall–Kier alpha value is -3.94. The second-order valence-electron chi connectivity index (χ2n) is 7.29. The molecule has 32 heavy (non-hydrogen) atoms. The smallest absolute Gasteiger partial charge is 0.338 e. The Bertz CT molecular complexity index is 1160. The van der Waals surface area contributed by atoms with Crippen LogP contribution in [0, 0.1) is 12.7 Å². The monoisotopic (exact) mass is 436 g/mol. The number of benzene rings is 2. The molecule has 1 aliphatic rings. The molecule has 1 unspecified atom stereocenters. The lowest BCUT2D eigenvalue weighted by Gasteiger charge is -2.19. The van der Waals surface area contributed by atoms with Crippen molar-refractivity contribution >= 4 is 17.6 Å². The summed E-state index contributed by atoms with van der Waals surface area (Å²) in [7, 11) is 1.59. The minimum atomic E-state index is -0.787. The van der Waals surface area contributed by atoms with Crippen molar-refractivity contribution in [1.29, 1.82) is 0 Å². The number of amides is 1. The van der Waals surface area contributed by atoms with Crippen molar-refractivity contribution in [1.82, 2.24) is 5.01 Å². The first kappa shape index (κ1) is 21.3. The number of carbonyl (C=O) groups is 2. The molecule has 0 spiro atoms. The molecule has 164 valence electrons. The second kappa shape index (κ2) is 9.05. The lowest BCUT2D eigenvalue weighted by Crippen LogP contribution is -2.31. The van der Waals surface area contributed by atoms with Crippen molar-refractivity contribution in [2.75, 3.05) is 13.7 Å². The second-order valence-corrected chi connectivity index (χ2v) is 7.29. The van der Waals surface area contributed by atoms with Gasteiger partial charge in [0.1, 0.15) is 23.4 Å². The van der Waals surface area contributed by atoms with Gasteiger partial charge >= 0.3 is 5.97 Å². The number of hydrogen-bond donors (Lipinski definition) is 0. The highest BCUT2D eigenvalue weighted by Gasteiger charge is 2.35. The fraction of sp³-hybridized carbons (Fsp3) is 0.208. The number of hydrazone groups is 1. The van der Waals surface area contributed by atoms with Crippen LogP contribution in [0.2, 0.25) is 0 Å². The van der Waals surface area contributed by atoms with Crippen LogP contribution in [-0.4, -0.2) is 36.3 Å². The van der Waals surface area contributed by atoms with Crippen LogP contribution < -0.4 is 4.74 Å². The number of furan rings is 1. The molecule has 0 saturated heterocycles. The van der Waals surface area contributed by atoms with Crippen LogP contribution in [-0.2, 0) is 9.53 Å². The first-order valence-electron chi connectivity index (χ1n) is 9.97. The average molecular weight is 436 g/mol. The van der Waals surface area contributed by atoms with Crippen molar-refractivity contribution in [3.05, 3.63) is 89.1 Å². The van der Waals surface area contributed by atoms with E-state index in [2.05, 4.69) is 5.10 Å². The zero-order valence-corrected chi connectivity index (χ0v) is 17.6. The van der Waals surface area contributed by atoms with E-state index in [4.69, 9.17) is 13.9 Å². The number of nitrogens with zero attached hydrogens (tertiary/aromatic N) is 2. The van der Waals surface area contributed by atoms with Crippen LogP contribution in [0.4, 0.5) is 4.39 Å². The Balaban J connectivity index is 1.51. The maximum Gasteiger partial charge on any atom is 0.338 e. The van der Waals surface area contributed by atoms with Gasteiger partial charge in [-0.15, -0.1) is 0 Å². The number of esters is 1. The molecule has 0 bridgehead atoms. The van der Waals surface area contributed by atoms with Crippen molar-refractivity contribution in [2.45, 2.75) is 19.4 Å². The van der Waals surface area contributed by atoms with Gasteiger partial charge in [0.05, 0.1) is 24.6 Å².